The summed E-state index contributed by atoms with van der Waals surface area (Å²) in [6.07, 6.45) is 3.00. The molecule has 2 rings (SSSR count). The molecule has 24 heavy (non-hydrogen) atoms. The molecule has 0 aromatic heterocycles. The van der Waals surface area contributed by atoms with Crippen LogP contribution < -0.4 is 4.72 Å². The van der Waals surface area contributed by atoms with Gasteiger partial charge in [0.05, 0.1) is 4.90 Å². The van der Waals surface area contributed by atoms with E-state index >= 15 is 0 Å². The predicted octanol–water partition coefficient (Wildman–Crippen LogP) is 2.20. The van der Waals surface area contributed by atoms with Crippen LogP contribution in [0.2, 0.25) is 0 Å². The molecule has 1 aliphatic heterocycles. The minimum atomic E-state index is -3.55. The highest BCUT2D eigenvalue weighted by molar-refractivity contribution is 9.10. The molecule has 6 nitrogen and oxygen atoms in total. The average molecular weight is 439 g/mol. The van der Waals surface area contributed by atoms with Gasteiger partial charge in [-0.2, -0.15) is 4.31 Å². The van der Waals surface area contributed by atoms with Gasteiger partial charge in [0, 0.05) is 19.1 Å². The first kappa shape index (κ1) is 19.8. The SMILES string of the molecule is Cc1ccc(S(=O)(=O)N2CCCCC2CCNS(=O)(=O)CBr)cc1. The highest BCUT2D eigenvalue weighted by Gasteiger charge is 2.33. The van der Waals surface area contributed by atoms with Crippen LogP contribution in [-0.4, -0.2) is 44.9 Å². The molecule has 1 aliphatic rings. The van der Waals surface area contributed by atoms with Crippen molar-refractivity contribution < 1.29 is 16.8 Å². The Hall–Kier alpha value is -0.480. The zero-order valence-corrected chi connectivity index (χ0v) is 16.8. The number of alkyl halides is 1. The second-order valence-corrected chi connectivity index (χ2v) is 11.0. The largest absolute Gasteiger partial charge is 0.243 e. The summed E-state index contributed by atoms with van der Waals surface area (Å²) in [6.45, 7) is 2.63. The molecule has 1 N–H and O–H groups in total. The summed E-state index contributed by atoms with van der Waals surface area (Å²) in [5.41, 5.74) is 1.01. The van der Waals surface area contributed by atoms with Crippen molar-refractivity contribution in [1.29, 1.82) is 0 Å². The molecule has 0 bridgehead atoms. The molecular weight excluding hydrogens is 416 g/mol. The van der Waals surface area contributed by atoms with E-state index in [-0.39, 0.29) is 17.2 Å². The molecule has 0 aliphatic carbocycles. The summed E-state index contributed by atoms with van der Waals surface area (Å²) in [4.78, 5) is 0.293. The molecule has 0 radical (unpaired) electrons. The number of sulfonamides is 2. The van der Waals surface area contributed by atoms with Gasteiger partial charge >= 0.3 is 0 Å². The maximum atomic E-state index is 12.9. The summed E-state index contributed by atoms with van der Waals surface area (Å²) in [5, 5.41) is 0. The lowest BCUT2D eigenvalue weighted by Crippen LogP contribution is -2.45. The van der Waals surface area contributed by atoms with E-state index in [4.69, 9.17) is 0 Å². The van der Waals surface area contributed by atoms with E-state index in [1.807, 2.05) is 6.92 Å². The van der Waals surface area contributed by atoms with Crippen molar-refractivity contribution in [2.24, 2.45) is 0 Å². The highest BCUT2D eigenvalue weighted by Crippen LogP contribution is 2.27. The molecule has 136 valence electrons. The van der Waals surface area contributed by atoms with Gasteiger partial charge in [-0.25, -0.2) is 21.6 Å². The molecule has 1 aromatic carbocycles. The topological polar surface area (TPSA) is 83.6 Å². The first-order valence-electron chi connectivity index (χ1n) is 7.88. The number of benzene rings is 1. The summed E-state index contributed by atoms with van der Waals surface area (Å²) in [7, 11) is -6.88. The van der Waals surface area contributed by atoms with Crippen LogP contribution in [0.5, 0.6) is 0 Å². The normalized spacial score (nSPS) is 20.2. The van der Waals surface area contributed by atoms with E-state index in [1.165, 1.54) is 4.31 Å². The van der Waals surface area contributed by atoms with Crippen molar-refractivity contribution in [1.82, 2.24) is 9.03 Å². The Labute approximate surface area is 152 Å². The lowest BCUT2D eigenvalue weighted by molar-refractivity contribution is 0.242. The van der Waals surface area contributed by atoms with Crippen molar-refractivity contribution in [3.8, 4) is 0 Å². The summed E-state index contributed by atoms with van der Waals surface area (Å²) >= 11 is 2.92. The second-order valence-electron chi connectivity index (χ2n) is 5.99. The minimum absolute atomic E-state index is 0.157. The number of nitrogens with zero attached hydrogens (tertiary/aromatic N) is 1. The molecule has 1 atom stereocenters. The van der Waals surface area contributed by atoms with E-state index in [1.54, 1.807) is 24.3 Å². The predicted molar refractivity (Wildman–Crippen MR) is 98.0 cm³/mol. The fourth-order valence-corrected chi connectivity index (χ4v) is 5.56. The van der Waals surface area contributed by atoms with E-state index in [2.05, 4.69) is 20.7 Å². The number of nitrogens with one attached hydrogen (secondary N) is 1. The van der Waals surface area contributed by atoms with Crippen molar-refractivity contribution in [2.75, 3.05) is 17.8 Å². The fraction of sp³-hybridized carbons (Fsp3) is 0.600. The van der Waals surface area contributed by atoms with Gasteiger partial charge in [-0.05, 0) is 38.3 Å². The summed E-state index contributed by atoms with van der Waals surface area (Å²) in [6, 6.07) is 6.66. The van der Waals surface area contributed by atoms with Crippen LogP contribution in [-0.2, 0) is 20.0 Å². The van der Waals surface area contributed by atoms with Crippen molar-refractivity contribution in [2.45, 2.75) is 43.5 Å². The summed E-state index contributed by atoms with van der Waals surface area (Å²) < 4.78 is 52.6. The van der Waals surface area contributed by atoms with Crippen LogP contribution >= 0.6 is 15.9 Å². The Kier molecular flexibility index (Phi) is 6.83. The van der Waals surface area contributed by atoms with Gasteiger partial charge < -0.3 is 0 Å². The number of hydrogen-bond acceptors (Lipinski definition) is 4. The number of rotatable bonds is 7. The van der Waals surface area contributed by atoms with Gasteiger partial charge in [0.25, 0.3) is 0 Å². The molecule has 1 heterocycles. The van der Waals surface area contributed by atoms with Gasteiger partial charge in [0.1, 0.15) is 4.66 Å². The maximum Gasteiger partial charge on any atom is 0.243 e. The summed E-state index contributed by atoms with van der Waals surface area (Å²) in [5.74, 6) is 0. The molecule has 1 saturated heterocycles. The number of aryl methyl sites for hydroxylation is 1. The van der Waals surface area contributed by atoms with Crippen molar-refractivity contribution >= 4 is 36.0 Å². The third-order valence-corrected chi connectivity index (χ3v) is 8.85. The molecular formula is C15H23BrN2O4S2. The first-order chi connectivity index (χ1) is 11.3. The number of piperidine rings is 1. The van der Waals surface area contributed by atoms with Gasteiger partial charge in [-0.15, -0.1) is 0 Å². The zero-order valence-electron chi connectivity index (χ0n) is 13.6. The Morgan fingerprint density at radius 3 is 2.46 bits per heavy atom. The van der Waals surface area contributed by atoms with Crippen LogP contribution in [0.15, 0.2) is 29.2 Å². The second kappa shape index (κ2) is 8.27. The average Bonchev–Trinajstić information content (AvgIpc) is 2.55. The fourth-order valence-electron chi connectivity index (χ4n) is 2.84. The standard InChI is InChI=1S/C15H23BrN2O4S2/c1-13-5-7-15(8-6-13)24(21,22)18-11-3-2-4-14(18)9-10-17-23(19,20)12-16/h5-8,14,17H,2-4,9-12H2,1H3. The van der Waals surface area contributed by atoms with E-state index in [0.717, 1.165) is 24.8 Å². The third-order valence-electron chi connectivity index (χ3n) is 4.14. The Morgan fingerprint density at radius 2 is 1.83 bits per heavy atom. The third kappa shape index (κ3) is 5.01. The van der Waals surface area contributed by atoms with Gasteiger partial charge in [0.2, 0.25) is 20.0 Å². The van der Waals surface area contributed by atoms with Gasteiger partial charge in [0.15, 0.2) is 0 Å². The smallest absolute Gasteiger partial charge is 0.214 e. The van der Waals surface area contributed by atoms with Crippen molar-refractivity contribution in [3.63, 3.8) is 0 Å². The molecule has 1 fully saturated rings. The molecule has 1 aromatic rings. The minimum Gasteiger partial charge on any atom is -0.214 e. The van der Waals surface area contributed by atoms with Crippen LogP contribution in [0.4, 0.5) is 0 Å². The molecule has 9 heteroatoms. The number of halogens is 1. The molecule has 0 amide bonds. The van der Waals surface area contributed by atoms with Crippen LogP contribution in [0.3, 0.4) is 0 Å². The molecule has 0 spiro atoms. The van der Waals surface area contributed by atoms with Gasteiger partial charge in [-0.3, -0.25) is 0 Å². The maximum absolute atomic E-state index is 12.9. The Balaban J connectivity index is 2.12. The van der Waals surface area contributed by atoms with Crippen molar-refractivity contribution in [3.05, 3.63) is 29.8 Å². The van der Waals surface area contributed by atoms with E-state index < -0.39 is 20.0 Å². The van der Waals surface area contributed by atoms with Crippen LogP contribution in [0.1, 0.15) is 31.2 Å². The van der Waals surface area contributed by atoms with Gasteiger partial charge in [-0.1, -0.05) is 40.0 Å². The number of hydrogen-bond donors (Lipinski definition) is 1. The Morgan fingerprint density at radius 1 is 1.17 bits per heavy atom. The van der Waals surface area contributed by atoms with E-state index in [0.29, 0.717) is 17.9 Å². The first-order valence-corrected chi connectivity index (χ1v) is 12.1. The molecule has 0 saturated carbocycles. The molecule has 1 unspecified atom stereocenters. The van der Waals surface area contributed by atoms with Crippen LogP contribution in [0, 0.1) is 6.92 Å². The van der Waals surface area contributed by atoms with E-state index in [9.17, 15) is 16.8 Å². The highest BCUT2D eigenvalue weighted by atomic mass is 79.9. The Bertz CT molecular complexity index is 748. The lowest BCUT2D eigenvalue weighted by atomic mass is 10.0. The zero-order chi connectivity index (χ0) is 17.8. The van der Waals surface area contributed by atoms with Crippen LogP contribution in [0.25, 0.3) is 0 Å². The lowest BCUT2D eigenvalue weighted by Gasteiger charge is -2.34. The monoisotopic (exact) mass is 438 g/mol. The quantitative estimate of drug-likeness (QED) is 0.661.